The Morgan fingerprint density at radius 3 is 2.45 bits per heavy atom. The van der Waals surface area contributed by atoms with Crippen molar-refractivity contribution in [3.63, 3.8) is 0 Å². The highest BCUT2D eigenvalue weighted by Crippen LogP contribution is 2.32. The van der Waals surface area contributed by atoms with Gasteiger partial charge in [-0.2, -0.15) is 4.31 Å². The van der Waals surface area contributed by atoms with E-state index in [4.69, 9.17) is 4.74 Å². The Kier molecular flexibility index (Phi) is 7.76. The maximum atomic E-state index is 13.5. The number of rotatable bonds is 10. The summed E-state index contributed by atoms with van der Waals surface area (Å²) in [5, 5.41) is 2.92. The van der Waals surface area contributed by atoms with Gasteiger partial charge in [0.15, 0.2) is 0 Å². The minimum Gasteiger partial charge on any atom is -0.492 e. The average molecular weight is 473 g/mol. The van der Waals surface area contributed by atoms with Crippen molar-refractivity contribution in [2.24, 2.45) is 5.92 Å². The minimum absolute atomic E-state index is 0.0410. The average Bonchev–Trinajstić information content (AvgIpc) is 3.19. The van der Waals surface area contributed by atoms with Gasteiger partial charge in [-0.3, -0.25) is 4.79 Å². The predicted molar refractivity (Wildman–Crippen MR) is 130 cm³/mol. The molecule has 0 fully saturated rings. The summed E-state index contributed by atoms with van der Waals surface area (Å²) in [6.07, 6.45) is 1.67. The van der Waals surface area contributed by atoms with Crippen LogP contribution in [0.3, 0.4) is 0 Å². The Morgan fingerprint density at radius 2 is 1.82 bits per heavy atom. The van der Waals surface area contributed by atoms with Crippen LogP contribution in [0.1, 0.15) is 40.7 Å². The highest BCUT2D eigenvalue weighted by Gasteiger charge is 2.28. The number of sulfonamides is 1. The molecule has 8 nitrogen and oxygen atoms in total. The van der Waals surface area contributed by atoms with Crippen LogP contribution in [-0.2, 0) is 14.8 Å². The van der Waals surface area contributed by atoms with Crippen LogP contribution in [0.4, 0.5) is 5.69 Å². The number of carbonyl (C=O) groups is 1. The van der Waals surface area contributed by atoms with Crippen molar-refractivity contribution in [2.75, 3.05) is 25.0 Å². The van der Waals surface area contributed by atoms with Crippen LogP contribution in [-0.4, -0.2) is 47.9 Å². The molecule has 3 aromatic rings. The Labute approximate surface area is 195 Å². The number of hydrogen-bond acceptors (Lipinski definition) is 5. The Bertz CT molecular complexity index is 1220. The number of amides is 1. The van der Waals surface area contributed by atoms with Crippen LogP contribution in [0.5, 0.6) is 5.75 Å². The topological polar surface area (TPSA) is 93.5 Å². The molecule has 0 aliphatic carbocycles. The number of hydrogen-bond donors (Lipinski definition) is 1. The maximum absolute atomic E-state index is 13.5. The Balaban J connectivity index is 2.01. The first kappa shape index (κ1) is 24.7. The predicted octanol–water partition coefficient (Wildman–Crippen LogP) is 4.30. The van der Waals surface area contributed by atoms with Crippen LogP contribution in [0.25, 0.3) is 11.0 Å². The van der Waals surface area contributed by atoms with Gasteiger partial charge in [-0.05, 0) is 43.2 Å². The standard InChI is InChI=1S/C24H32N4O4S/c1-6-27(7-2)33(30,31)18-13-14-22(32-8-3)20(15-18)26-24(29)23(17(4)5)28-16-25-19-11-9-10-12-21(19)28/h9-17,23H,6-8H2,1-5H3,(H,26,29)/t23-/m1/s1. The lowest BCUT2D eigenvalue weighted by molar-refractivity contribution is -0.120. The zero-order chi connectivity index (χ0) is 24.2. The summed E-state index contributed by atoms with van der Waals surface area (Å²) in [5.74, 6) is 0.106. The molecule has 1 N–H and O–H groups in total. The Hall–Kier alpha value is -2.91. The fourth-order valence-corrected chi connectivity index (χ4v) is 5.40. The molecule has 0 unspecified atom stereocenters. The molecule has 0 saturated carbocycles. The maximum Gasteiger partial charge on any atom is 0.247 e. The normalized spacial score (nSPS) is 12.9. The summed E-state index contributed by atoms with van der Waals surface area (Å²) in [6.45, 7) is 10.4. The molecular weight excluding hydrogens is 440 g/mol. The zero-order valence-corrected chi connectivity index (χ0v) is 20.6. The van der Waals surface area contributed by atoms with E-state index in [1.807, 2.05) is 49.6 Å². The van der Waals surface area contributed by atoms with Crippen molar-refractivity contribution in [1.29, 1.82) is 0 Å². The van der Waals surface area contributed by atoms with Gasteiger partial charge >= 0.3 is 0 Å². The van der Waals surface area contributed by atoms with E-state index in [-0.39, 0.29) is 16.7 Å². The third kappa shape index (κ3) is 5.04. The van der Waals surface area contributed by atoms with Gasteiger partial charge in [0.1, 0.15) is 11.8 Å². The highest BCUT2D eigenvalue weighted by atomic mass is 32.2. The summed E-state index contributed by atoms with van der Waals surface area (Å²) in [5.41, 5.74) is 1.98. The van der Waals surface area contributed by atoms with Gasteiger partial charge in [-0.25, -0.2) is 13.4 Å². The number of aromatic nitrogens is 2. The van der Waals surface area contributed by atoms with Crippen molar-refractivity contribution >= 4 is 32.7 Å². The lowest BCUT2D eigenvalue weighted by Crippen LogP contribution is -2.31. The third-order valence-corrected chi connectivity index (χ3v) is 7.58. The van der Waals surface area contributed by atoms with Crippen molar-refractivity contribution in [3.8, 4) is 5.75 Å². The summed E-state index contributed by atoms with van der Waals surface area (Å²) in [7, 11) is -3.69. The first-order chi connectivity index (χ1) is 15.7. The summed E-state index contributed by atoms with van der Waals surface area (Å²) in [6, 6.07) is 11.7. The number of benzene rings is 2. The van der Waals surface area contributed by atoms with Crippen LogP contribution in [0, 0.1) is 5.92 Å². The van der Waals surface area contributed by atoms with Gasteiger partial charge in [0.05, 0.1) is 34.6 Å². The van der Waals surface area contributed by atoms with E-state index in [1.54, 1.807) is 26.2 Å². The molecule has 0 aliphatic rings. The van der Waals surface area contributed by atoms with E-state index in [0.29, 0.717) is 31.1 Å². The third-order valence-electron chi connectivity index (χ3n) is 5.53. The number of ether oxygens (including phenoxy) is 1. The number of carbonyl (C=O) groups excluding carboxylic acids is 1. The SMILES string of the molecule is CCOc1ccc(S(=O)(=O)N(CC)CC)cc1NC(=O)[C@@H](C(C)C)n1cnc2ccccc21. The molecule has 3 rings (SSSR count). The smallest absolute Gasteiger partial charge is 0.247 e. The molecule has 1 heterocycles. The molecule has 9 heteroatoms. The monoisotopic (exact) mass is 472 g/mol. The molecule has 0 saturated heterocycles. The molecule has 1 aromatic heterocycles. The number of nitrogens with zero attached hydrogens (tertiary/aromatic N) is 3. The van der Waals surface area contributed by atoms with Gasteiger partial charge in [0, 0.05) is 13.1 Å². The summed E-state index contributed by atoms with van der Waals surface area (Å²) in [4.78, 5) is 18.0. The van der Waals surface area contributed by atoms with Crippen LogP contribution >= 0.6 is 0 Å². The highest BCUT2D eigenvalue weighted by molar-refractivity contribution is 7.89. The van der Waals surface area contributed by atoms with Crippen molar-refractivity contribution in [3.05, 3.63) is 48.8 Å². The minimum atomic E-state index is -3.69. The van der Waals surface area contributed by atoms with Gasteiger partial charge in [0.25, 0.3) is 0 Å². The van der Waals surface area contributed by atoms with Crippen LogP contribution in [0.2, 0.25) is 0 Å². The molecule has 0 radical (unpaired) electrons. The molecule has 1 atom stereocenters. The summed E-state index contributed by atoms with van der Waals surface area (Å²) < 4.78 is 35.0. The Morgan fingerprint density at radius 1 is 1.12 bits per heavy atom. The van der Waals surface area contributed by atoms with E-state index in [2.05, 4.69) is 10.3 Å². The molecule has 178 valence electrons. The fourth-order valence-electron chi connectivity index (χ4n) is 3.92. The molecule has 0 bridgehead atoms. The van der Waals surface area contributed by atoms with E-state index >= 15 is 0 Å². The number of anilines is 1. The van der Waals surface area contributed by atoms with Gasteiger partial charge in [0.2, 0.25) is 15.9 Å². The largest absolute Gasteiger partial charge is 0.492 e. The number of fused-ring (bicyclic) bond motifs is 1. The number of nitrogens with one attached hydrogen (secondary N) is 1. The van der Waals surface area contributed by atoms with Crippen molar-refractivity contribution < 1.29 is 17.9 Å². The number of imidazole rings is 1. The van der Waals surface area contributed by atoms with Crippen LogP contribution in [0.15, 0.2) is 53.7 Å². The molecule has 0 spiro atoms. The quantitative estimate of drug-likeness (QED) is 0.475. The molecular formula is C24H32N4O4S. The molecule has 0 aliphatic heterocycles. The molecule has 1 amide bonds. The first-order valence-electron chi connectivity index (χ1n) is 11.2. The van der Waals surface area contributed by atoms with E-state index in [0.717, 1.165) is 11.0 Å². The van der Waals surface area contributed by atoms with Gasteiger partial charge < -0.3 is 14.6 Å². The molecule has 2 aromatic carbocycles. The van der Waals surface area contributed by atoms with E-state index < -0.39 is 16.1 Å². The van der Waals surface area contributed by atoms with Crippen LogP contribution < -0.4 is 10.1 Å². The van der Waals surface area contributed by atoms with Crippen molar-refractivity contribution in [1.82, 2.24) is 13.9 Å². The lowest BCUT2D eigenvalue weighted by atomic mass is 10.0. The number of para-hydroxylation sites is 2. The van der Waals surface area contributed by atoms with E-state index in [9.17, 15) is 13.2 Å². The fraction of sp³-hybridized carbons (Fsp3) is 0.417. The lowest BCUT2D eigenvalue weighted by Gasteiger charge is -2.24. The van der Waals surface area contributed by atoms with Crippen molar-refractivity contribution in [2.45, 2.75) is 45.6 Å². The van der Waals surface area contributed by atoms with Gasteiger partial charge in [-0.15, -0.1) is 0 Å². The first-order valence-corrected chi connectivity index (χ1v) is 12.7. The second kappa shape index (κ2) is 10.4. The van der Waals surface area contributed by atoms with Gasteiger partial charge in [-0.1, -0.05) is 39.8 Å². The van der Waals surface area contributed by atoms with E-state index in [1.165, 1.54) is 16.4 Å². The second-order valence-electron chi connectivity index (χ2n) is 8.00. The second-order valence-corrected chi connectivity index (χ2v) is 9.94. The summed E-state index contributed by atoms with van der Waals surface area (Å²) >= 11 is 0. The molecule has 33 heavy (non-hydrogen) atoms. The zero-order valence-electron chi connectivity index (χ0n) is 19.8.